The summed E-state index contributed by atoms with van der Waals surface area (Å²) in [4.78, 5) is 37.8. The van der Waals surface area contributed by atoms with E-state index in [0.29, 0.717) is 0 Å². The first-order valence-corrected chi connectivity index (χ1v) is 13.8. The van der Waals surface area contributed by atoms with Crippen molar-refractivity contribution in [2.24, 2.45) is 0 Å². The van der Waals surface area contributed by atoms with E-state index in [2.05, 4.69) is 35.6 Å². The van der Waals surface area contributed by atoms with Crippen LogP contribution in [0.25, 0.3) is 0 Å². The predicted molar refractivity (Wildman–Crippen MR) is 91.4 cm³/mol. The molecule has 0 radical (unpaired) electrons. The first-order chi connectivity index (χ1) is 8.97. The van der Waals surface area contributed by atoms with Gasteiger partial charge in [0.1, 0.15) is 0 Å². The Balaban J connectivity index is -0.0000000170. The van der Waals surface area contributed by atoms with Crippen LogP contribution in [-0.4, -0.2) is 87.2 Å². The molecule has 144 valence electrons. The molecule has 0 heterocycles. The molecule has 0 aliphatic carbocycles. The Morgan fingerprint density at radius 1 is 0.923 bits per heavy atom. The molecule has 0 saturated carbocycles. The van der Waals surface area contributed by atoms with Gasteiger partial charge in [0.05, 0.1) is 20.3 Å². The van der Waals surface area contributed by atoms with E-state index in [1.165, 1.54) is 50.7 Å². The van der Waals surface area contributed by atoms with Gasteiger partial charge in [-0.2, -0.15) is 19.4 Å². The van der Waals surface area contributed by atoms with E-state index in [1.54, 1.807) is 13.8 Å². The van der Waals surface area contributed by atoms with Gasteiger partial charge in [-0.3, -0.25) is 0 Å². The van der Waals surface area contributed by atoms with Crippen molar-refractivity contribution in [2.45, 2.75) is 28.7 Å². The predicted octanol–water partition coefficient (Wildman–Crippen LogP) is -6.53. The van der Waals surface area contributed by atoms with Gasteiger partial charge in [-0.05, 0) is 13.8 Å². The number of methoxy groups -OCH3 is 1. The zero-order chi connectivity index (χ0) is 15.7. The van der Waals surface area contributed by atoms with E-state index in [0.717, 1.165) is 0 Å². The minimum atomic E-state index is -1.08. The van der Waals surface area contributed by atoms with Gasteiger partial charge in [0.25, 0.3) is 0 Å². The van der Waals surface area contributed by atoms with E-state index in [4.69, 9.17) is 0 Å². The fourth-order valence-corrected chi connectivity index (χ4v) is 0.352. The number of ether oxygens (including phenoxy) is 3. The van der Waals surface area contributed by atoms with E-state index < -0.39 is 17.7 Å². The second-order valence-electron chi connectivity index (χ2n) is 1.97. The van der Waals surface area contributed by atoms with Gasteiger partial charge in [-0.25, -0.2) is 4.79 Å². The quantitative estimate of drug-likeness (QED) is 0.0939. The molecule has 0 aromatic rings. The van der Waals surface area contributed by atoms with Crippen molar-refractivity contribution < 1.29 is 117 Å². The molecule has 0 fully saturated rings. The van der Waals surface area contributed by atoms with Crippen LogP contribution in [0.5, 0.6) is 0 Å². The maximum atomic E-state index is 10.4. The number of carbonyl (C=O) groups excluding carboxylic acids is 3. The summed E-state index contributed by atoms with van der Waals surface area (Å²) < 4.78 is 12.4. The fraction of sp³-hybridized carbons (Fsp3) is 0.700. The summed E-state index contributed by atoms with van der Waals surface area (Å²) in [5.41, 5.74) is -0.773. The summed E-state index contributed by atoms with van der Waals surface area (Å²) in [6.45, 7) is 3.47. The molecule has 0 aromatic heterocycles. The number of rotatable bonds is 2. The molecule has 0 amide bonds. The van der Waals surface area contributed by atoms with Gasteiger partial charge in [0.15, 0.2) is 0 Å². The fourth-order valence-electron chi connectivity index (χ4n) is 0.352. The number of halogens is 3. The maximum absolute atomic E-state index is 10.4. The van der Waals surface area contributed by atoms with Gasteiger partial charge in [-0.1, -0.05) is 14.9 Å². The number of hydrogen-bond acceptors (Lipinski definition) is 8. The number of carbonyl (C=O) groups is 3. The van der Waals surface area contributed by atoms with E-state index in [1.807, 2.05) is 0 Å². The van der Waals surface area contributed by atoms with Gasteiger partial charge >= 0.3 is 120 Å². The van der Waals surface area contributed by atoms with E-state index in [-0.39, 0.29) is 119 Å². The van der Waals surface area contributed by atoms with Crippen LogP contribution in [0.15, 0.2) is 0 Å². The molecule has 0 rings (SSSR count). The molecule has 26 heavy (non-hydrogen) atoms. The molecule has 0 atom stereocenters. The molecule has 0 saturated heterocycles. The summed E-state index contributed by atoms with van der Waals surface area (Å²) in [6.07, 6.45) is -2.16. The Morgan fingerprint density at radius 2 is 1.12 bits per heavy atom. The first kappa shape index (κ1) is 63.0. The first-order valence-electron chi connectivity index (χ1n) is 5.39. The van der Waals surface area contributed by atoms with Crippen LogP contribution in [0.2, 0.25) is 0 Å². The van der Waals surface area contributed by atoms with E-state index >= 15 is 0 Å². The van der Waals surface area contributed by atoms with Crippen molar-refractivity contribution in [2.75, 3.05) is 20.3 Å². The summed E-state index contributed by atoms with van der Waals surface area (Å²) in [5.74, 6) is 0. The summed E-state index contributed by atoms with van der Waals surface area (Å²) >= 11 is 7.49. The van der Waals surface area contributed by atoms with E-state index in [9.17, 15) is 14.4 Å². The van der Waals surface area contributed by atoms with Crippen LogP contribution in [0.3, 0.4) is 0 Å². The Kier molecular flexibility index (Phi) is 137. The second-order valence-corrected chi connectivity index (χ2v) is 2.28. The summed E-state index contributed by atoms with van der Waals surface area (Å²) in [5, 5.41) is 0. The zero-order valence-corrected chi connectivity index (χ0v) is 25.2. The van der Waals surface area contributed by atoms with Crippen molar-refractivity contribution in [3.8, 4) is 0 Å². The van der Waals surface area contributed by atoms with Crippen molar-refractivity contribution >= 4 is 85.4 Å². The molecule has 16 heteroatoms. The van der Waals surface area contributed by atoms with Crippen LogP contribution >= 0.6 is 24.0 Å². The average Bonchev–Trinajstić information content (AvgIpc) is 2.40. The normalized spacial score (nSPS) is 5.54. The molecule has 0 bridgehead atoms. The van der Waals surface area contributed by atoms with Crippen molar-refractivity contribution in [3.05, 3.63) is 0 Å². The SMILES string of the molecule is C.C.CCOC(=O)OOC(=O)OCC.COC(=O)Cl.Cl.O.[Cl-].[H-].[Na+].[Na+].[Na][Na]. The monoisotopic (exact) mass is 486 g/mol. The van der Waals surface area contributed by atoms with Crippen LogP contribution in [-0.2, 0) is 24.0 Å². The van der Waals surface area contributed by atoms with Gasteiger partial charge in [0.2, 0.25) is 0 Å². The Labute approximate surface area is 247 Å². The molecule has 9 nitrogen and oxygen atoms in total. The molecule has 0 aliphatic rings. The number of hydrogen-bond donors (Lipinski definition) is 0. The average molecular weight is 488 g/mol. The third-order valence-corrected chi connectivity index (χ3v) is 1.02. The Hall–Kier alpha value is 2.84. The van der Waals surface area contributed by atoms with Gasteiger partial charge in [-0.15, -0.1) is 12.4 Å². The molecular weight excluding hydrogens is 462 g/mol. The van der Waals surface area contributed by atoms with Crippen LogP contribution < -0.4 is 71.5 Å². The Bertz CT molecular complexity index is 256. The second kappa shape index (κ2) is 56.5. The van der Waals surface area contributed by atoms with Crippen molar-refractivity contribution in [3.63, 3.8) is 0 Å². The molecule has 0 spiro atoms. The van der Waals surface area contributed by atoms with Crippen LogP contribution in [0, 0.1) is 0 Å². The van der Waals surface area contributed by atoms with Gasteiger partial charge < -0.3 is 33.5 Å². The third kappa shape index (κ3) is 71.4. The molecular formula is C10H25Cl3Na4O9. The summed E-state index contributed by atoms with van der Waals surface area (Å²) in [6, 6.07) is 0. The standard InChI is InChI=1S/C6H10O6.C2H3ClO2.2CH4.2ClH.4Na.H2O.H/c1-3-9-5(7)11-12-6(8)10-4-2;1-5-2(3)4;;;;;;;;;;/h3-4H2,1-2H3;1H3;2*1H4;2*1H;;;;;1H2;/q;;;;;;;;2*+1;;-1/p-1. The topological polar surface area (TPSA) is 129 Å². The Morgan fingerprint density at radius 3 is 1.23 bits per heavy atom. The zero-order valence-electron chi connectivity index (χ0n) is 15.8. The molecule has 0 unspecified atom stereocenters. The molecule has 0 aromatic carbocycles. The van der Waals surface area contributed by atoms with Crippen LogP contribution in [0.1, 0.15) is 30.1 Å². The van der Waals surface area contributed by atoms with Crippen LogP contribution in [0.4, 0.5) is 14.4 Å². The summed E-state index contributed by atoms with van der Waals surface area (Å²) in [7, 11) is 1.22. The van der Waals surface area contributed by atoms with Gasteiger partial charge in [0, 0.05) is 11.6 Å². The minimum absolute atomic E-state index is 0. The van der Waals surface area contributed by atoms with Crippen molar-refractivity contribution in [1.82, 2.24) is 0 Å². The molecule has 2 N–H and O–H groups in total. The third-order valence-electron chi connectivity index (χ3n) is 0.863. The molecule has 0 aliphatic heterocycles. The van der Waals surface area contributed by atoms with Crippen molar-refractivity contribution in [1.29, 1.82) is 0 Å².